The zero-order valence-corrected chi connectivity index (χ0v) is 24.9. The van der Waals surface area contributed by atoms with E-state index in [-0.39, 0.29) is 11.8 Å². The molecule has 9 nitrogen and oxygen atoms in total. The van der Waals surface area contributed by atoms with Crippen LogP contribution in [0, 0.1) is 5.92 Å². The van der Waals surface area contributed by atoms with Gasteiger partial charge in [0.1, 0.15) is 6.61 Å². The van der Waals surface area contributed by atoms with Gasteiger partial charge in [-0.05, 0) is 76.9 Å². The van der Waals surface area contributed by atoms with Crippen molar-refractivity contribution < 1.29 is 23.8 Å². The van der Waals surface area contributed by atoms with Gasteiger partial charge in [-0.3, -0.25) is 15.0 Å². The molecule has 0 bridgehead atoms. The number of hydrogen-bond donors (Lipinski definition) is 1. The number of benzene rings is 2. The Labute approximate surface area is 238 Å². The smallest absolute Gasteiger partial charge is 0.411 e. The van der Waals surface area contributed by atoms with Crippen molar-refractivity contribution in [1.82, 2.24) is 9.91 Å². The molecule has 0 aliphatic carbocycles. The highest BCUT2D eigenvalue weighted by atomic mass is 16.5. The van der Waals surface area contributed by atoms with E-state index in [2.05, 4.69) is 44.8 Å². The maximum absolute atomic E-state index is 13.0. The molecule has 1 heterocycles. The van der Waals surface area contributed by atoms with Crippen molar-refractivity contribution >= 4 is 23.4 Å². The second kappa shape index (κ2) is 14.7. The number of anilines is 1. The predicted molar refractivity (Wildman–Crippen MR) is 158 cm³/mol. The molecular formula is C31H44N4O5. The maximum atomic E-state index is 13.0. The zero-order valence-electron chi connectivity index (χ0n) is 24.9. The Kier molecular flexibility index (Phi) is 11.4. The van der Waals surface area contributed by atoms with Crippen LogP contribution in [0.3, 0.4) is 0 Å². The van der Waals surface area contributed by atoms with E-state index in [0.29, 0.717) is 62.0 Å². The third-order valence-electron chi connectivity index (χ3n) is 7.02. The normalized spacial score (nSPS) is 15.4. The van der Waals surface area contributed by atoms with Gasteiger partial charge in [-0.15, -0.1) is 0 Å². The van der Waals surface area contributed by atoms with Gasteiger partial charge in [0, 0.05) is 42.2 Å². The molecule has 3 rings (SSSR count). The number of ether oxygens (including phenoxy) is 3. The summed E-state index contributed by atoms with van der Waals surface area (Å²) in [5.41, 5.74) is 3.30. The van der Waals surface area contributed by atoms with Gasteiger partial charge in [-0.25, -0.2) is 9.80 Å². The summed E-state index contributed by atoms with van der Waals surface area (Å²) in [5, 5.41) is 9.09. The van der Waals surface area contributed by atoms with Gasteiger partial charge in [-0.2, -0.15) is 5.10 Å². The zero-order chi connectivity index (χ0) is 29.2. The average molecular weight is 553 g/mol. The summed E-state index contributed by atoms with van der Waals surface area (Å²) < 4.78 is 16.6. The van der Waals surface area contributed by atoms with Gasteiger partial charge < -0.3 is 14.2 Å². The third-order valence-corrected chi connectivity index (χ3v) is 7.02. The minimum Gasteiger partial charge on any atom is -0.493 e. The van der Waals surface area contributed by atoms with E-state index in [1.807, 2.05) is 37.3 Å². The number of carbonyl (C=O) groups excluding carboxylic acids is 2. The molecule has 2 amide bonds. The first kappa shape index (κ1) is 30.9. The van der Waals surface area contributed by atoms with Crippen molar-refractivity contribution in [3.8, 4) is 11.5 Å². The molecule has 1 N–H and O–H groups in total. The van der Waals surface area contributed by atoms with E-state index in [1.165, 1.54) is 5.01 Å². The molecule has 2 aromatic carbocycles. The third kappa shape index (κ3) is 8.21. The highest BCUT2D eigenvalue weighted by molar-refractivity contribution is 6.06. The summed E-state index contributed by atoms with van der Waals surface area (Å²) in [6.07, 6.45) is 0.705. The van der Waals surface area contributed by atoms with E-state index in [4.69, 9.17) is 19.3 Å². The molecule has 0 saturated heterocycles. The second-order valence-electron chi connectivity index (χ2n) is 10.4. The Morgan fingerprint density at radius 3 is 2.38 bits per heavy atom. The number of carbonyl (C=O) groups is 2. The lowest BCUT2D eigenvalue weighted by atomic mass is 9.89. The van der Waals surface area contributed by atoms with Gasteiger partial charge in [0.2, 0.25) is 5.91 Å². The number of nitrogens with zero attached hydrogens (tertiary/aromatic N) is 3. The predicted octanol–water partition coefficient (Wildman–Crippen LogP) is 5.92. The number of hydrogen-bond acceptors (Lipinski definition) is 7. The van der Waals surface area contributed by atoms with Crippen LogP contribution in [0.15, 0.2) is 47.6 Å². The monoisotopic (exact) mass is 552 g/mol. The first-order valence-electron chi connectivity index (χ1n) is 14.1. The Morgan fingerprint density at radius 2 is 1.77 bits per heavy atom. The number of methoxy groups -OCH3 is 1. The molecule has 0 fully saturated rings. The van der Waals surface area contributed by atoms with E-state index in [1.54, 1.807) is 19.2 Å². The fraction of sp³-hybridized carbons (Fsp3) is 0.516. The van der Waals surface area contributed by atoms with E-state index < -0.39 is 6.09 Å². The lowest BCUT2D eigenvalue weighted by molar-refractivity contribution is -0.133. The first-order chi connectivity index (χ1) is 19.2. The molecule has 0 radical (unpaired) electrons. The molecule has 40 heavy (non-hydrogen) atoms. The summed E-state index contributed by atoms with van der Waals surface area (Å²) in [4.78, 5) is 27.5. The molecule has 218 valence electrons. The summed E-state index contributed by atoms with van der Waals surface area (Å²) in [7, 11) is 1.61. The highest BCUT2D eigenvalue weighted by Crippen LogP contribution is 2.32. The van der Waals surface area contributed by atoms with E-state index >= 15 is 0 Å². The van der Waals surface area contributed by atoms with Crippen LogP contribution in [0.2, 0.25) is 0 Å². The molecule has 0 saturated carbocycles. The van der Waals surface area contributed by atoms with Crippen molar-refractivity contribution in [2.45, 2.75) is 73.0 Å². The Morgan fingerprint density at radius 1 is 1.07 bits per heavy atom. The van der Waals surface area contributed by atoms with Crippen LogP contribution in [0.5, 0.6) is 11.5 Å². The van der Waals surface area contributed by atoms with Gasteiger partial charge in [-0.1, -0.05) is 19.1 Å². The van der Waals surface area contributed by atoms with Gasteiger partial charge >= 0.3 is 6.09 Å². The van der Waals surface area contributed by atoms with Crippen molar-refractivity contribution in [3.63, 3.8) is 0 Å². The summed E-state index contributed by atoms with van der Waals surface area (Å²) in [6.45, 7) is 14.4. The highest BCUT2D eigenvalue weighted by Gasteiger charge is 2.30. The van der Waals surface area contributed by atoms with Crippen LogP contribution in [-0.4, -0.2) is 66.6 Å². The van der Waals surface area contributed by atoms with Gasteiger partial charge in [0.15, 0.2) is 11.5 Å². The van der Waals surface area contributed by atoms with Crippen LogP contribution in [0.25, 0.3) is 0 Å². The molecule has 1 unspecified atom stereocenters. The molecule has 1 aliphatic heterocycles. The van der Waals surface area contributed by atoms with Crippen LogP contribution in [0.1, 0.15) is 65.5 Å². The second-order valence-corrected chi connectivity index (χ2v) is 10.4. The Bertz CT molecular complexity index is 1150. The minimum atomic E-state index is -0.489. The van der Waals surface area contributed by atoms with Crippen molar-refractivity contribution in [2.75, 3.05) is 32.2 Å². The molecule has 1 aliphatic rings. The lowest BCUT2D eigenvalue weighted by Gasteiger charge is -2.30. The standard InChI is InChI=1S/C31H44N4O5/c1-8-24-19-29(36)35(33-30(24)25-12-15-27(38-7)28(18-25)39-9-2)20-23-10-13-26(14-11-23)32-31(37)40-17-16-34(21(3)4)22(5)6/h10-15,18,21-22,24H,8-9,16-17,19-20H2,1-7H3,(H,32,37). The topological polar surface area (TPSA) is 92.7 Å². The molecular weight excluding hydrogens is 508 g/mol. The molecule has 0 aromatic heterocycles. The van der Waals surface area contributed by atoms with Crippen LogP contribution < -0.4 is 14.8 Å². The molecule has 1 atom stereocenters. The summed E-state index contributed by atoms with van der Waals surface area (Å²) >= 11 is 0. The molecule has 9 heteroatoms. The largest absolute Gasteiger partial charge is 0.493 e. The first-order valence-corrected chi connectivity index (χ1v) is 14.1. The number of amides is 2. The number of rotatable bonds is 13. The van der Waals surface area contributed by atoms with E-state index in [9.17, 15) is 9.59 Å². The van der Waals surface area contributed by atoms with Crippen molar-refractivity contribution in [1.29, 1.82) is 0 Å². The van der Waals surface area contributed by atoms with Crippen LogP contribution >= 0.6 is 0 Å². The summed E-state index contributed by atoms with van der Waals surface area (Å²) in [5.74, 6) is 1.32. The number of hydrazone groups is 1. The maximum Gasteiger partial charge on any atom is 0.411 e. The van der Waals surface area contributed by atoms with E-state index in [0.717, 1.165) is 23.3 Å². The fourth-order valence-electron chi connectivity index (χ4n) is 4.92. The molecule has 2 aromatic rings. The van der Waals surface area contributed by atoms with Crippen LogP contribution in [-0.2, 0) is 16.1 Å². The SMILES string of the molecule is CCOc1cc(C2=NN(Cc3ccc(NC(=O)OCCN(C(C)C)C(C)C)cc3)C(=O)CC2CC)ccc1OC. The summed E-state index contributed by atoms with van der Waals surface area (Å²) in [6, 6.07) is 13.9. The quantitative estimate of drug-likeness (QED) is 0.331. The Hall–Kier alpha value is -3.59. The molecule has 0 spiro atoms. The average Bonchev–Trinajstić information content (AvgIpc) is 2.92. The van der Waals surface area contributed by atoms with Crippen molar-refractivity contribution in [3.05, 3.63) is 53.6 Å². The van der Waals surface area contributed by atoms with Crippen molar-refractivity contribution in [2.24, 2.45) is 11.0 Å². The van der Waals surface area contributed by atoms with Gasteiger partial charge in [0.05, 0.1) is 26.0 Å². The van der Waals surface area contributed by atoms with Gasteiger partial charge in [0.25, 0.3) is 0 Å². The van der Waals surface area contributed by atoms with Crippen LogP contribution in [0.4, 0.5) is 10.5 Å². The Balaban J connectivity index is 1.66. The number of nitrogens with one attached hydrogen (secondary N) is 1. The minimum absolute atomic E-state index is 0.0169. The lowest BCUT2D eigenvalue weighted by Crippen LogP contribution is -2.39. The fourth-order valence-corrected chi connectivity index (χ4v) is 4.92.